The standard InChI is InChI=1S/C15H19ClN2O/c1-10(2)12-4-6-13(7-5-12)15(19)9-18-11(3)14(16)8-17-18/h4-8,10,15,19H,9H2,1-3H3. The molecule has 1 aromatic heterocycles. The van der Waals surface area contributed by atoms with E-state index in [0.29, 0.717) is 17.5 Å². The Kier molecular flexibility index (Phi) is 4.27. The Labute approximate surface area is 118 Å². The summed E-state index contributed by atoms with van der Waals surface area (Å²) >= 11 is 5.95. The zero-order chi connectivity index (χ0) is 14.0. The van der Waals surface area contributed by atoms with Crippen LogP contribution in [0.2, 0.25) is 5.02 Å². The zero-order valence-corrected chi connectivity index (χ0v) is 12.2. The summed E-state index contributed by atoms with van der Waals surface area (Å²) in [4.78, 5) is 0. The van der Waals surface area contributed by atoms with E-state index in [1.54, 1.807) is 10.9 Å². The molecule has 2 rings (SSSR count). The molecule has 0 aliphatic rings. The molecule has 0 amide bonds. The van der Waals surface area contributed by atoms with E-state index in [1.807, 2.05) is 19.1 Å². The SMILES string of the molecule is Cc1c(Cl)cnn1CC(O)c1ccc(C(C)C)cc1. The summed E-state index contributed by atoms with van der Waals surface area (Å²) in [6.07, 6.45) is 1.03. The van der Waals surface area contributed by atoms with Crippen molar-refractivity contribution in [1.29, 1.82) is 0 Å². The van der Waals surface area contributed by atoms with Gasteiger partial charge in [-0.2, -0.15) is 5.10 Å². The van der Waals surface area contributed by atoms with E-state index >= 15 is 0 Å². The third-order valence-corrected chi connectivity index (χ3v) is 3.75. The quantitative estimate of drug-likeness (QED) is 0.926. The molecule has 1 heterocycles. The predicted molar refractivity (Wildman–Crippen MR) is 77.5 cm³/mol. The minimum absolute atomic E-state index is 0.416. The minimum atomic E-state index is -0.573. The molecule has 0 aliphatic heterocycles. The van der Waals surface area contributed by atoms with Crippen LogP contribution in [0.1, 0.15) is 42.7 Å². The molecule has 0 fully saturated rings. The molecule has 2 aromatic rings. The number of rotatable bonds is 4. The molecule has 0 spiro atoms. The van der Waals surface area contributed by atoms with Crippen LogP contribution in [0.25, 0.3) is 0 Å². The highest BCUT2D eigenvalue weighted by atomic mass is 35.5. The smallest absolute Gasteiger partial charge is 0.0986 e. The van der Waals surface area contributed by atoms with Crippen LogP contribution in [0.15, 0.2) is 30.5 Å². The molecule has 1 N–H and O–H groups in total. The average molecular weight is 279 g/mol. The van der Waals surface area contributed by atoms with Crippen molar-refractivity contribution in [3.63, 3.8) is 0 Å². The van der Waals surface area contributed by atoms with E-state index in [0.717, 1.165) is 11.3 Å². The Morgan fingerprint density at radius 2 is 1.79 bits per heavy atom. The van der Waals surface area contributed by atoms with E-state index in [1.165, 1.54) is 5.56 Å². The fourth-order valence-corrected chi connectivity index (χ4v) is 2.12. The van der Waals surface area contributed by atoms with Crippen molar-refractivity contribution in [1.82, 2.24) is 9.78 Å². The van der Waals surface area contributed by atoms with Crippen LogP contribution in [-0.4, -0.2) is 14.9 Å². The van der Waals surface area contributed by atoms with Crippen molar-refractivity contribution in [3.05, 3.63) is 52.3 Å². The van der Waals surface area contributed by atoms with Crippen LogP contribution >= 0.6 is 11.6 Å². The van der Waals surface area contributed by atoms with Crippen LogP contribution in [0, 0.1) is 6.92 Å². The molecule has 0 saturated heterocycles. The van der Waals surface area contributed by atoms with Crippen LogP contribution in [0.3, 0.4) is 0 Å². The lowest BCUT2D eigenvalue weighted by molar-refractivity contribution is 0.150. The van der Waals surface area contributed by atoms with Gasteiger partial charge < -0.3 is 5.11 Å². The number of aliphatic hydroxyl groups excluding tert-OH is 1. The highest BCUT2D eigenvalue weighted by Gasteiger charge is 2.12. The zero-order valence-electron chi connectivity index (χ0n) is 11.5. The molecular weight excluding hydrogens is 260 g/mol. The van der Waals surface area contributed by atoms with Crippen molar-refractivity contribution in [2.75, 3.05) is 0 Å². The second-order valence-electron chi connectivity index (χ2n) is 5.10. The normalized spacial score (nSPS) is 12.9. The fourth-order valence-electron chi connectivity index (χ4n) is 1.98. The number of nitrogens with zero attached hydrogens (tertiary/aromatic N) is 2. The van der Waals surface area contributed by atoms with Gasteiger partial charge in [-0.25, -0.2) is 0 Å². The lowest BCUT2D eigenvalue weighted by Gasteiger charge is -2.14. The second kappa shape index (κ2) is 5.76. The van der Waals surface area contributed by atoms with Crippen molar-refractivity contribution in [2.45, 2.75) is 39.3 Å². The Morgan fingerprint density at radius 1 is 1.21 bits per heavy atom. The molecular formula is C15H19ClN2O. The maximum Gasteiger partial charge on any atom is 0.0986 e. The number of hydrogen-bond acceptors (Lipinski definition) is 2. The highest BCUT2D eigenvalue weighted by molar-refractivity contribution is 6.31. The van der Waals surface area contributed by atoms with Gasteiger partial charge in [0.25, 0.3) is 0 Å². The van der Waals surface area contributed by atoms with Crippen LogP contribution in [0.4, 0.5) is 0 Å². The Bertz CT molecular complexity index is 546. The summed E-state index contributed by atoms with van der Waals surface area (Å²) in [5.41, 5.74) is 3.05. The van der Waals surface area contributed by atoms with Gasteiger partial charge in [-0.15, -0.1) is 0 Å². The maximum atomic E-state index is 10.2. The first-order valence-electron chi connectivity index (χ1n) is 6.45. The lowest BCUT2D eigenvalue weighted by atomic mass is 10.00. The highest BCUT2D eigenvalue weighted by Crippen LogP contribution is 2.21. The van der Waals surface area contributed by atoms with E-state index in [4.69, 9.17) is 11.6 Å². The minimum Gasteiger partial charge on any atom is -0.386 e. The topological polar surface area (TPSA) is 38.0 Å². The summed E-state index contributed by atoms with van der Waals surface area (Å²) in [6, 6.07) is 8.07. The molecule has 1 unspecified atom stereocenters. The first-order chi connectivity index (χ1) is 8.99. The van der Waals surface area contributed by atoms with Gasteiger partial charge in [0, 0.05) is 0 Å². The Morgan fingerprint density at radius 3 is 2.26 bits per heavy atom. The maximum absolute atomic E-state index is 10.2. The molecule has 0 saturated carbocycles. The molecule has 0 radical (unpaired) electrons. The van der Waals surface area contributed by atoms with Gasteiger partial charge in [-0.05, 0) is 24.0 Å². The van der Waals surface area contributed by atoms with E-state index in [-0.39, 0.29) is 0 Å². The second-order valence-corrected chi connectivity index (χ2v) is 5.50. The van der Waals surface area contributed by atoms with Crippen LogP contribution in [-0.2, 0) is 6.54 Å². The third-order valence-electron chi connectivity index (χ3n) is 3.38. The van der Waals surface area contributed by atoms with E-state index in [2.05, 4.69) is 31.1 Å². The lowest BCUT2D eigenvalue weighted by Crippen LogP contribution is -2.11. The fraction of sp³-hybridized carbons (Fsp3) is 0.400. The molecule has 4 heteroatoms. The Hall–Kier alpha value is -1.32. The summed E-state index contributed by atoms with van der Waals surface area (Å²) in [6.45, 7) is 6.62. The van der Waals surface area contributed by atoms with Gasteiger partial charge in [-0.1, -0.05) is 49.7 Å². The van der Waals surface area contributed by atoms with Gasteiger partial charge in [0.1, 0.15) is 0 Å². The number of halogens is 1. The number of hydrogen-bond donors (Lipinski definition) is 1. The largest absolute Gasteiger partial charge is 0.386 e. The van der Waals surface area contributed by atoms with Gasteiger partial charge in [0.05, 0.1) is 29.6 Å². The summed E-state index contributed by atoms with van der Waals surface area (Å²) in [7, 11) is 0. The number of aliphatic hydroxyl groups is 1. The van der Waals surface area contributed by atoms with Crippen molar-refractivity contribution in [2.24, 2.45) is 0 Å². The summed E-state index contributed by atoms with van der Waals surface area (Å²) < 4.78 is 1.73. The van der Waals surface area contributed by atoms with Crippen molar-refractivity contribution < 1.29 is 5.11 Å². The molecule has 1 aromatic carbocycles. The monoisotopic (exact) mass is 278 g/mol. The molecule has 3 nitrogen and oxygen atoms in total. The van der Waals surface area contributed by atoms with Crippen molar-refractivity contribution in [3.8, 4) is 0 Å². The first kappa shape index (κ1) is 14.1. The first-order valence-corrected chi connectivity index (χ1v) is 6.82. The molecule has 102 valence electrons. The molecule has 1 atom stereocenters. The average Bonchev–Trinajstić information content (AvgIpc) is 2.71. The van der Waals surface area contributed by atoms with Crippen LogP contribution in [0.5, 0.6) is 0 Å². The van der Waals surface area contributed by atoms with E-state index in [9.17, 15) is 5.11 Å². The van der Waals surface area contributed by atoms with Gasteiger partial charge in [0.15, 0.2) is 0 Å². The number of benzene rings is 1. The molecule has 0 aliphatic carbocycles. The summed E-state index contributed by atoms with van der Waals surface area (Å²) in [5.74, 6) is 0.498. The van der Waals surface area contributed by atoms with Gasteiger partial charge in [0.2, 0.25) is 0 Å². The van der Waals surface area contributed by atoms with E-state index < -0.39 is 6.10 Å². The molecule has 0 bridgehead atoms. The number of aromatic nitrogens is 2. The summed E-state index contributed by atoms with van der Waals surface area (Å²) in [5, 5.41) is 15.0. The van der Waals surface area contributed by atoms with Crippen molar-refractivity contribution >= 4 is 11.6 Å². The van der Waals surface area contributed by atoms with Gasteiger partial charge in [-0.3, -0.25) is 4.68 Å². The Balaban J connectivity index is 2.11. The van der Waals surface area contributed by atoms with Crippen LogP contribution < -0.4 is 0 Å². The molecule has 19 heavy (non-hydrogen) atoms. The third kappa shape index (κ3) is 3.17. The predicted octanol–water partition coefficient (Wildman–Crippen LogP) is 3.70. The van der Waals surface area contributed by atoms with Gasteiger partial charge >= 0.3 is 0 Å².